The smallest absolute Gasteiger partial charge is 0.223 e. The Morgan fingerprint density at radius 3 is 2.00 bits per heavy atom. The van der Waals surface area contributed by atoms with Crippen LogP contribution in [0, 0.1) is 0 Å². The largest absolute Gasteiger partial charge is 0.370 e. The molecule has 4 heteroatoms. The summed E-state index contributed by atoms with van der Waals surface area (Å²) in [5.74, 6) is 0.0168. The first kappa shape index (κ1) is 11.4. The van der Waals surface area contributed by atoms with Crippen LogP contribution in [0.5, 0.6) is 0 Å². The number of primary amides is 1. The summed E-state index contributed by atoms with van der Waals surface area (Å²) >= 11 is 0. The van der Waals surface area contributed by atoms with Gasteiger partial charge in [0.25, 0.3) is 0 Å². The number of amides is 2. The van der Waals surface area contributed by atoms with Crippen LogP contribution < -0.4 is 5.73 Å². The molecule has 0 radical (unpaired) electrons. The van der Waals surface area contributed by atoms with E-state index < -0.39 is 0 Å². The highest BCUT2D eigenvalue weighted by atomic mass is 16.2. The lowest BCUT2D eigenvalue weighted by atomic mass is 10.0. The van der Waals surface area contributed by atoms with Crippen molar-refractivity contribution in [1.29, 1.82) is 0 Å². The molecule has 4 nitrogen and oxygen atoms in total. The second-order valence-electron chi connectivity index (χ2n) is 4.94. The molecule has 2 saturated heterocycles. The van der Waals surface area contributed by atoms with Gasteiger partial charge in [-0.1, -0.05) is 0 Å². The Bertz CT molecular complexity index is 271. The molecule has 0 aromatic rings. The summed E-state index contributed by atoms with van der Waals surface area (Å²) in [7, 11) is 0. The molecule has 0 atom stereocenters. The number of fused-ring (bicyclic) bond motifs is 2. The number of nitrogens with zero attached hydrogens (tertiary/aromatic N) is 1. The number of carbonyl (C=O) groups excluding carboxylic acids is 2. The molecule has 0 spiro atoms. The Morgan fingerprint density at radius 2 is 1.50 bits per heavy atom. The summed E-state index contributed by atoms with van der Waals surface area (Å²) in [4.78, 5) is 24.6. The van der Waals surface area contributed by atoms with E-state index in [0.717, 1.165) is 12.8 Å². The zero-order valence-corrected chi connectivity index (χ0v) is 9.65. The van der Waals surface area contributed by atoms with Crippen LogP contribution in [-0.4, -0.2) is 28.8 Å². The molecule has 0 saturated carbocycles. The van der Waals surface area contributed by atoms with E-state index in [2.05, 4.69) is 4.90 Å². The van der Waals surface area contributed by atoms with Crippen molar-refractivity contribution in [1.82, 2.24) is 4.90 Å². The Balaban J connectivity index is 1.70. The molecule has 2 rings (SSSR count). The maximum Gasteiger partial charge on any atom is 0.223 e. The van der Waals surface area contributed by atoms with Crippen molar-refractivity contribution in [3.8, 4) is 0 Å². The third-order valence-corrected chi connectivity index (χ3v) is 3.80. The molecule has 2 aliphatic heterocycles. The summed E-state index contributed by atoms with van der Waals surface area (Å²) in [5, 5.41) is 0. The Labute approximate surface area is 96.2 Å². The van der Waals surface area contributed by atoms with Crippen LogP contribution in [0.3, 0.4) is 0 Å². The maximum atomic E-state index is 12.0. The molecule has 2 bridgehead atoms. The zero-order chi connectivity index (χ0) is 11.5. The molecule has 90 valence electrons. The summed E-state index contributed by atoms with van der Waals surface area (Å²) < 4.78 is 0. The molecule has 2 N–H and O–H groups in total. The van der Waals surface area contributed by atoms with Crippen LogP contribution in [0.25, 0.3) is 0 Å². The van der Waals surface area contributed by atoms with E-state index in [-0.39, 0.29) is 11.8 Å². The highest BCUT2D eigenvalue weighted by Gasteiger charge is 2.41. The first-order valence-corrected chi connectivity index (χ1v) is 6.28. The van der Waals surface area contributed by atoms with Gasteiger partial charge in [-0.3, -0.25) is 9.59 Å². The van der Waals surface area contributed by atoms with E-state index in [1.54, 1.807) is 0 Å². The Kier molecular flexibility index (Phi) is 3.46. The van der Waals surface area contributed by atoms with Crippen LogP contribution >= 0.6 is 0 Å². The van der Waals surface area contributed by atoms with Crippen LogP contribution in [0.15, 0.2) is 0 Å². The number of rotatable bonds is 5. The quantitative estimate of drug-likeness (QED) is 0.713. The lowest BCUT2D eigenvalue weighted by Crippen LogP contribution is -2.34. The van der Waals surface area contributed by atoms with Crippen LogP contribution in [-0.2, 0) is 9.59 Å². The molecule has 16 heavy (non-hydrogen) atoms. The fourth-order valence-electron chi connectivity index (χ4n) is 3.02. The first-order chi connectivity index (χ1) is 7.68. The molecule has 2 fully saturated rings. The molecule has 2 aliphatic rings. The second kappa shape index (κ2) is 4.85. The highest BCUT2D eigenvalue weighted by molar-refractivity contribution is 5.78. The average Bonchev–Trinajstić information content (AvgIpc) is 2.83. The maximum absolute atomic E-state index is 12.0. The highest BCUT2D eigenvalue weighted by Crippen LogP contribution is 2.37. The predicted octanol–water partition coefficient (Wildman–Crippen LogP) is 1.19. The van der Waals surface area contributed by atoms with Gasteiger partial charge in [-0.05, 0) is 38.5 Å². The zero-order valence-electron chi connectivity index (χ0n) is 9.65. The van der Waals surface area contributed by atoms with Gasteiger partial charge in [0.2, 0.25) is 11.8 Å². The van der Waals surface area contributed by atoms with Crippen molar-refractivity contribution in [3.05, 3.63) is 0 Å². The van der Waals surface area contributed by atoms with Gasteiger partial charge in [0.15, 0.2) is 0 Å². The third-order valence-electron chi connectivity index (χ3n) is 3.80. The van der Waals surface area contributed by atoms with Crippen molar-refractivity contribution >= 4 is 11.8 Å². The Morgan fingerprint density at radius 1 is 1.00 bits per heavy atom. The second-order valence-corrected chi connectivity index (χ2v) is 4.94. The molecule has 0 unspecified atom stereocenters. The van der Waals surface area contributed by atoms with E-state index >= 15 is 0 Å². The van der Waals surface area contributed by atoms with Gasteiger partial charge in [-0.25, -0.2) is 0 Å². The van der Waals surface area contributed by atoms with Gasteiger partial charge in [-0.2, -0.15) is 0 Å². The fourth-order valence-corrected chi connectivity index (χ4v) is 3.02. The molecule has 0 aromatic carbocycles. The molecule has 0 aromatic heterocycles. The molecule has 0 aliphatic carbocycles. The van der Waals surface area contributed by atoms with Gasteiger partial charge < -0.3 is 10.6 Å². The SMILES string of the molecule is NC(=O)CCCCC(=O)N1C2CCC1CC2. The van der Waals surface area contributed by atoms with Crippen molar-refractivity contribution < 1.29 is 9.59 Å². The normalized spacial score (nSPS) is 27.4. The van der Waals surface area contributed by atoms with Crippen LogP contribution in [0.1, 0.15) is 51.4 Å². The van der Waals surface area contributed by atoms with Gasteiger partial charge >= 0.3 is 0 Å². The van der Waals surface area contributed by atoms with Crippen LogP contribution in [0.4, 0.5) is 0 Å². The third kappa shape index (κ3) is 2.36. The molecular formula is C12H20N2O2. The van der Waals surface area contributed by atoms with E-state index in [1.807, 2.05) is 0 Å². The van der Waals surface area contributed by atoms with Gasteiger partial charge in [-0.15, -0.1) is 0 Å². The number of hydrogen-bond donors (Lipinski definition) is 1. The minimum Gasteiger partial charge on any atom is -0.370 e. The molecular weight excluding hydrogens is 204 g/mol. The lowest BCUT2D eigenvalue weighted by Gasteiger charge is -2.21. The fraction of sp³-hybridized carbons (Fsp3) is 0.833. The topological polar surface area (TPSA) is 63.4 Å². The minimum atomic E-state index is -0.270. The summed E-state index contributed by atoms with van der Waals surface area (Å²) in [6.07, 6.45) is 7.28. The summed E-state index contributed by atoms with van der Waals surface area (Å²) in [5.41, 5.74) is 5.05. The summed E-state index contributed by atoms with van der Waals surface area (Å²) in [6, 6.07) is 1.04. The van der Waals surface area contributed by atoms with E-state index in [4.69, 9.17) is 5.73 Å². The van der Waals surface area contributed by atoms with Crippen molar-refractivity contribution in [2.45, 2.75) is 63.5 Å². The molecule has 2 heterocycles. The van der Waals surface area contributed by atoms with E-state index in [0.29, 0.717) is 24.9 Å². The number of unbranched alkanes of at least 4 members (excludes halogenated alkanes) is 1. The summed E-state index contributed by atoms with van der Waals surface area (Å²) in [6.45, 7) is 0. The standard InChI is InChI=1S/C12H20N2O2/c13-11(15)3-1-2-4-12(16)14-9-5-6-10(14)8-7-9/h9-10H,1-8H2,(H2,13,15). The monoisotopic (exact) mass is 224 g/mol. The number of hydrogen-bond acceptors (Lipinski definition) is 2. The van der Waals surface area contributed by atoms with Crippen LogP contribution in [0.2, 0.25) is 0 Å². The van der Waals surface area contributed by atoms with Gasteiger partial charge in [0.1, 0.15) is 0 Å². The van der Waals surface area contributed by atoms with Gasteiger partial charge in [0, 0.05) is 24.9 Å². The van der Waals surface area contributed by atoms with Crippen molar-refractivity contribution in [3.63, 3.8) is 0 Å². The Hall–Kier alpha value is -1.06. The van der Waals surface area contributed by atoms with Crippen molar-refractivity contribution in [2.24, 2.45) is 5.73 Å². The molecule has 2 amide bonds. The number of carbonyl (C=O) groups is 2. The number of nitrogens with two attached hydrogens (primary N) is 1. The van der Waals surface area contributed by atoms with E-state index in [1.165, 1.54) is 25.7 Å². The average molecular weight is 224 g/mol. The van der Waals surface area contributed by atoms with Gasteiger partial charge in [0.05, 0.1) is 0 Å². The predicted molar refractivity (Wildman–Crippen MR) is 60.6 cm³/mol. The first-order valence-electron chi connectivity index (χ1n) is 6.28. The minimum absolute atomic E-state index is 0.270. The van der Waals surface area contributed by atoms with Crippen molar-refractivity contribution in [2.75, 3.05) is 0 Å². The van der Waals surface area contributed by atoms with E-state index in [9.17, 15) is 9.59 Å². The lowest BCUT2D eigenvalue weighted by molar-refractivity contribution is -0.132.